The molecule has 27 heavy (non-hydrogen) atoms. The zero-order chi connectivity index (χ0) is 19.4. The minimum atomic E-state index is -0.196. The van der Waals surface area contributed by atoms with Gasteiger partial charge in [0.15, 0.2) is 0 Å². The van der Waals surface area contributed by atoms with Gasteiger partial charge in [-0.15, -0.1) is 0 Å². The summed E-state index contributed by atoms with van der Waals surface area (Å²) in [4.78, 5) is 24.2. The summed E-state index contributed by atoms with van der Waals surface area (Å²) in [6.07, 6.45) is 9.07. The molecule has 1 saturated carbocycles. The molecular weight excluding hydrogens is 340 g/mol. The quantitative estimate of drug-likeness (QED) is 0.845. The average Bonchev–Trinajstić information content (AvgIpc) is 3.18. The number of nitrogens with zero attached hydrogens (tertiary/aromatic N) is 3. The number of hydrogen-bond acceptors (Lipinski definition) is 5. The van der Waals surface area contributed by atoms with Gasteiger partial charge in [0, 0.05) is 24.7 Å². The van der Waals surface area contributed by atoms with Crippen LogP contribution in [0, 0.1) is 0 Å². The summed E-state index contributed by atoms with van der Waals surface area (Å²) in [5.41, 5.74) is 0.320. The molecule has 1 amide bonds. The van der Waals surface area contributed by atoms with Crippen LogP contribution in [0.4, 0.5) is 5.82 Å². The van der Waals surface area contributed by atoms with Crippen molar-refractivity contribution in [1.82, 2.24) is 14.9 Å². The zero-order valence-electron chi connectivity index (χ0n) is 16.8. The topological polar surface area (TPSA) is 71.3 Å². The molecule has 6 nitrogen and oxygen atoms in total. The molecule has 0 aliphatic heterocycles. The van der Waals surface area contributed by atoms with E-state index >= 15 is 0 Å². The predicted molar refractivity (Wildman–Crippen MR) is 106 cm³/mol. The Labute approximate surface area is 161 Å². The lowest BCUT2D eigenvalue weighted by atomic mass is 9.94. The molecule has 1 aliphatic carbocycles. The first-order valence-corrected chi connectivity index (χ1v) is 9.77. The number of furan rings is 1. The Kier molecular flexibility index (Phi) is 5.82. The minimum absolute atomic E-state index is 0.0238. The van der Waals surface area contributed by atoms with Gasteiger partial charge in [-0.2, -0.15) is 0 Å². The molecule has 0 saturated heterocycles. The molecule has 0 bridgehead atoms. The molecule has 0 aromatic carbocycles. The van der Waals surface area contributed by atoms with Gasteiger partial charge in [-0.1, -0.05) is 40.0 Å². The van der Waals surface area contributed by atoms with Gasteiger partial charge in [-0.05, 0) is 25.0 Å². The molecule has 0 spiro atoms. The van der Waals surface area contributed by atoms with Crippen LogP contribution in [0.15, 0.2) is 29.0 Å². The molecule has 2 aromatic heterocycles. The fraction of sp³-hybridized carbons (Fsp3) is 0.571. The molecule has 146 valence electrons. The Morgan fingerprint density at radius 2 is 2.04 bits per heavy atom. The van der Waals surface area contributed by atoms with E-state index in [4.69, 9.17) is 4.42 Å². The van der Waals surface area contributed by atoms with Crippen molar-refractivity contribution in [3.63, 3.8) is 0 Å². The Hall–Kier alpha value is -2.37. The summed E-state index contributed by atoms with van der Waals surface area (Å²) in [5, 5.41) is 3.27. The van der Waals surface area contributed by atoms with E-state index in [2.05, 4.69) is 36.1 Å². The van der Waals surface area contributed by atoms with Crippen LogP contribution in [-0.4, -0.2) is 33.9 Å². The molecule has 6 heteroatoms. The maximum atomic E-state index is 13.2. The van der Waals surface area contributed by atoms with Crippen LogP contribution >= 0.6 is 0 Å². The van der Waals surface area contributed by atoms with Crippen LogP contribution in [-0.2, 0) is 12.0 Å². The molecule has 1 aliphatic rings. The highest BCUT2D eigenvalue weighted by atomic mass is 16.3. The van der Waals surface area contributed by atoms with Crippen LogP contribution in [0.2, 0.25) is 0 Å². The first-order valence-electron chi connectivity index (χ1n) is 9.77. The van der Waals surface area contributed by atoms with Gasteiger partial charge < -0.3 is 14.6 Å². The van der Waals surface area contributed by atoms with Crippen molar-refractivity contribution in [2.24, 2.45) is 0 Å². The number of rotatable bonds is 5. The highest BCUT2D eigenvalue weighted by Crippen LogP contribution is 2.26. The van der Waals surface area contributed by atoms with E-state index in [0.29, 0.717) is 29.8 Å². The van der Waals surface area contributed by atoms with Gasteiger partial charge in [0.25, 0.3) is 5.91 Å². The third kappa shape index (κ3) is 4.67. The second-order valence-electron chi connectivity index (χ2n) is 8.35. The number of anilines is 1. The van der Waals surface area contributed by atoms with Gasteiger partial charge in [0.2, 0.25) is 0 Å². The van der Waals surface area contributed by atoms with Crippen LogP contribution < -0.4 is 5.32 Å². The van der Waals surface area contributed by atoms with Crippen molar-refractivity contribution in [3.8, 4) is 0 Å². The van der Waals surface area contributed by atoms with E-state index in [-0.39, 0.29) is 11.3 Å². The normalized spacial score (nSPS) is 15.6. The van der Waals surface area contributed by atoms with Crippen LogP contribution in [0.25, 0.3) is 0 Å². The molecule has 0 radical (unpaired) electrons. The Morgan fingerprint density at radius 3 is 2.67 bits per heavy atom. The summed E-state index contributed by atoms with van der Waals surface area (Å²) in [6.45, 7) is 6.66. The van der Waals surface area contributed by atoms with Crippen molar-refractivity contribution < 1.29 is 9.21 Å². The van der Waals surface area contributed by atoms with Gasteiger partial charge >= 0.3 is 0 Å². The molecule has 1 N–H and O–H groups in total. The fourth-order valence-electron chi connectivity index (χ4n) is 3.44. The third-order valence-corrected chi connectivity index (χ3v) is 5.14. The van der Waals surface area contributed by atoms with E-state index in [1.165, 1.54) is 19.3 Å². The maximum Gasteiger partial charge on any atom is 0.259 e. The van der Waals surface area contributed by atoms with Gasteiger partial charge in [-0.3, -0.25) is 4.79 Å². The Bertz CT molecular complexity index is 759. The zero-order valence-corrected chi connectivity index (χ0v) is 16.8. The molecule has 3 rings (SSSR count). The van der Waals surface area contributed by atoms with Crippen molar-refractivity contribution in [2.75, 3.05) is 12.4 Å². The van der Waals surface area contributed by atoms with Crippen molar-refractivity contribution in [2.45, 2.75) is 70.9 Å². The molecular formula is C21H30N4O2. The van der Waals surface area contributed by atoms with Crippen LogP contribution in [0.1, 0.15) is 74.8 Å². The Morgan fingerprint density at radius 1 is 1.30 bits per heavy atom. The second-order valence-corrected chi connectivity index (χ2v) is 8.35. The van der Waals surface area contributed by atoms with Crippen molar-refractivity contribution >= 4 is 11.7 Å². The summed E-state index contributed by atoms with van der Waals surface area (Å²) in [6, 6.07) is 4.04. The lowest BCUT2D eigenvalue weighted by molar-refractivity contribution is 0.0696. The number of hydrogen-bond donors (Lipinski definition) is 1. The molecule has 2 heterocycles. The highest BCUT2D eigenvalue weighted by molar-refractivity contribution is 5.98. The summed E-state index contributed by atoms with van der Waals surface area (Å²) in [5.74, 6) is 2.05. The number of aromatic nitrogens is 2. The lowest BCUT2D eigenvalue weighted by Gasteiger charge is -2.31. The van der Waals surface area contributed by atoms with Crippen LogP contribution in [0.5, 0.6) is 0 Å². The smallest absolute Gasteiger partial charge is 0.259 e. The largest absolute Gasteiger partial charge is 0.467 e. The molecule has 0 unspecified atom stereocenters. The lowest BCUT2D eigenvalue weighted by Crippen LogP contribution is -2.38. The van der Waals surface area contributed by atoms with Crippen molar-refractivity contribution in [3.05, 3.63) is 41.7 Å². The van der Waals surface area contributed by atoms with E-state index in [1.54, 1.807) is 12.5 Å². The summed E-state index contributed by atoms with van der Waals surface area (Å²) < 4.78 is 5.39. The monoisotopic (exact) mass is 370 g/mol. The van der Waals surface area contributed by atoms with Crippen molar-refractivity contribution in [1.29, 1.82) is 0 Å². The molecule has 0 atom stereocenters. The molecule has 2 aromatic rings. The number of carbonyl (C=O) groups excluding carboxylic acids is 1. The Balaban J connectivity index is 1.86. The minimum Gasteiger partial charge on any atom is -0.467 e. The predicted octanol–water partition coefficient (Wildman–Crippen LogP) is 4.38. The first-order chi connectivity index (χ1) is 12.9. The maximum absolute atomic E-state index is 13.2. The number of carbonyl (C=O) groups is 1. The highest BCUT2D eigenvalue weighted by Gasteiger charge is 2.27. The second kappa shape index (κ2) is 8.11. The number of amides is 1. The van der Waals surface area contributed by atoms with Gasteiger partial charge in [0.05, 0.1) is 12.8 Å². The van der Waals surface area contributed by atoms with E-state index in [1.807, 2.05) is 24.1 Å². The van der Waals surface area contributed by atoms with Gasteiger partial charge in [0.1, 0.15) is 23.0 Å². The fourth-order valence-corrected chi connectivity index (χ4v) is 3.44. The SMILES string of the molecule is CN(C(=O)c1cnc(C(C)(C)C)nc1NCc1ccco1)C1CCCCC1. The summed E-state index contributed by atoms with van der Waals surface area (Å²) >= 11 is 0. The van der Waals surface area contributed by atoms with E-state index in [0.717, 1.165) is 18.6 Å². The van der Waals surface area contributed by atoms with E-state index < -0.39 is 0 Å². The van der Waals surface area contributed by atoms with E-state index in [9.17, 15) is 4.79 Å². The summed E-state index contributed by atoms with van der Waals surface area (Å²) in [7, 11) is 1.90. The van der Waals surface area contributed by atoms with Gasteiger partial charge in [-0.25, -0.2) is 9.97 Å². The first kappa shape index (κ1) is 19.4. The van der Waals surface area contributed by atoms with Crippen LogP contribution in [0.3, 0.4) is 0 Å². The third-order valence-electron chi connectivity index (χ3n) is 5.14. The molecule has 1 fully saturated rings. The average molecular weight is 370 g/mol. The standard InChI is InChI=1S/C21H30N4O2/c1-21(2,3)20-23-14-17(18(24-20)22-13-16-11-8-12-27-16)19(26)25(4)15-9-6-5-7-10-15/h8,11-12,14-15H,5-7,9-10,13H2,1-4H3,(H,22,23,24). The number of nitrogens with one attached hydrogen (secondary N) is 1.